The summed E-state index contributed by atoms with van der Waals surface area (Å²) in [5, 5.41) is 13.4. The molecule has 0 saturated heterocycles. The van der Waals surface area contributed by atoms with Crippen LogP contribution in [0.25, 0.3) is 0 Å². The smallest absolute Gasteiger partial charge is 0.162 e. The predicted octanol–water partition coefficient (Wildman–Crippen LogP) is 4.63. The summed E-state index contributed by atoms with van der Waals surface area (Å²) in [5.41, 5.74) is 0.897. The van der Waals surface area contributed by atoms with E-state index in [4.69, 9.17) is 4.74 Å². The molecule has 3 heteroatoms. The largest absolute Gasteiger partial charge is 0.504 e. The number of hydrogen-bond donors (Lipinski definition) is 2. The molecule has 1 aromatic carbocycles. The van der Waals surface area contributed by atoms with Crippen molar-refractivity contribution < 1.29 is 9.84 Å². The molecule has 0 spiro atoms. The van der Waals surface area contributed by atoms with E-state index in [0.29, 0.717) is 12.3 Å². The lowest BCUT2D eigenvalue weighted by atomic mass is 10.1. The van der Waals surface area contributed by atoms with Crippen LogP contribution in [0, 0.1) is 0 Å². The van der Waals surface area contributed by atoms with Crippen molar-refractivity contribution in [3.8, 4) is 11.5 Å². The molecule has 0 bridgehead atoms. The van der Waals surface area contributed by atoms with Gasteiger partial charge in [-0.15, -0.1) is 0 Å². The molecule has 3 nitrogen and oxygen atoms in total. The van der Waals surface area contributed by atoms with Crippen LogP contribution in [-0.4, -0.2) is 18.8 Å². The van der Waals surface area contributed by atoms with E-state index >= 15 is 0 Å². The minimum atomic E-state index is 0.253. The Morgan fingerprint density at radius 2 is 1.67 bits per heavy atom. The van der Waals surface area contributed by atoms with E-state index in [9.17, 15) is 5.11 Å². The Hall–Kier alpha value is -1.22. The lowest BCUT2D eigenvalue weighted by Crippen LogP contribution is -2.14. The van der Waals surface area contributed by atoms with E-state index in [-0.39, 0.29) is 5.75 Å². The summed E-state index contributed by atoms with van der Waals surface area (Å²) in [6.45, 7) is 3.96. The lowest BCUT2D eigenvalue weighted by molar-refractivity contribution is 0.369. The zero-order valence-electron chi connectivity index (χ0n) is 13.7. The van der Waals surface area contributed by atoms with Crippen LogP contribution in [0.3, 0.4) is 0 Å². The maximum atomic E-state index is 9.97. The number of nitrogens with one attached hydrogen (secondary N) is 1. The molecule has 0 aliphatic heterocycles. The van der Waals surface area contributed by atoms with E-state index in [0.717, 1.165) is 12.1 Å². The first-order valence-corrected chi connectivity index (χ1v) is 8.35. The molecule has 0 unspecified atom stereocenters. The standard InChI is InChI=1S/C18H31NO2/c1-3-4-5-6-7-8-9-10-14-19-15-16-12-11-13-17(21-2)18(16)20/h11-13,19-20H,3-10,14-15H2,1-2H3. The Morgan fingerprint density at radius 1 is 1.00 bits per heavy atom. The average molecular weight is 293 g/mol. The molecule has 1 aromatic rings. The fraction of sp³-hybridized carbons (Fsp3) is 0.667. The van der Waals surface area contributed by atoms with Crippen LogP contribution in [0.5, 0.6) is 11.5 Å². The summed E-state index contributed by atoms with van der Waals surface area (Å²) in [6.07, 6.45) is 10.7. The number of phenols is 1. The molecule has 21 heavy (non-hydrogen) atoms. The quantitative estimate of drug-likeness (QED) is 0.552. The second-order valence-corrected chi connectivity index (χ2v) is 5.62. The normalized spacial score (nSPS) is 10.8. The maximum absolute atomic E-state index is 9.97. The highest BCUT2D eigenvalue weighted by molar-refractivity contribution is 5.45. The highest BCUT2D eigenvalue weighted by Crippen LogP contribution is 2.29. The third-order valence-corrected chi connectivity index (χ3v) is 3.83. The first-order chi connectivity index (χ1) is 10.3. The Kier molecular flexibility index (Phi) is 9.71. The summed E-state index contributed by atoms with van der Waals surface area (Å²) in [7, 11) is 1.58. The van der Waals surface area contributed by atoms with Gasteiger partial charge >= 0.3 is 0 Å². The molecule has 2 N–H and O–H groups in total. The fourth-order valence-electron chi connectivity index (χ4n) is 2.48. The summed E-state index contributed by atoms with van der Waals surface area (Å²) in [6, 6.07) is 5.61. The highest BCUT2D eigenvalue weighted by Gasteiger charge is 2.06. The average Bonchev–Trinajstić information content (AvgIpc) is 2.50. The minimum Gasteiger partial charge on any atom is -0.504 e. The van der Waals surface area contributed by atoms with Gasteiger partial charge in [0.1, 0.15) is 0 Å². The van der Waals surface area contributed by atoms with Crippen molar-refractivity contribution in [3.05, 3.63) is 23.8 Å². The molecule has 0 heterocycles. The number of rotatable bonds is 12. The summed E-state index contributed by atoms with van der Waals surface area (Å²) in [4.78, 5) is 0. The molecule has 0 amide bonds. The van der Waals surface area contributed by atoms with Crippen molar-refractivity contribution >= 4 is 0 Å². The van der Waals surface area contributed by atoms with Crippen molar-refractivity contribution in [2.75, 3.05) is 13.7 Å². The van der Waals surface area contributed by atoms with Crippen LogP contribution < -0.4 is 10.1 Å². The van der Waals surface area contributed by atoms with Crippen LogP contribution in [0.15, 0.2) is 18.2 Å². The Labute approximate surface area is 129 Å². The van der Waals surface area contributed by atoms with Gasteiger partial charge in [0.15, 0.2) is 11.5 Å². The first-order valence-electron chi connectivity index (χ1n) is 8.35. The first kappa shape index (κ1) is 17.8. The van der Waals surface area contributed by atoms with E-state index in [1.165, 1.54) is 51.4 Å². The summed E-state index contributed by atoms with van der Waals surface area (Å²) < 4.78 is 5.11. The van der Waals surface area contributed by atoms with Gasteiger partial charge in [0, 0.05) is 12.1 Å². The molecule has 0 aromatic heterocycles. The second-order valence-electron chi connectivity index (χ2n) is 5.62. The van der Waals surface area contributed by atoms with Crippen molar-refractivity contribution in [1.82, 2.24) is 5.32 Å². The van der Waals surface area contributed by atoms with Gasteiger partial charge in [-0.25, -0.2) is 0 Å². The van der Waals surface area contributed by atoms with E-state index in [2.05, 4.69) is 12.2 Å². The molecular weight excluding hydrogens is 262 g/mol. The maximum Gasteiger partial charge on any atom is 0.162 e. The monoisotopic (exact) mass is 293 g/mol. The number of hydrogen-bond acceptors (Lipinski definition) is 3. The number of phenolic OH excluding ortho intramolecular Hbond substituents is 1. The zero-order chi connectivity index (χ0) is 15.3. The van der Waals surface area contributed by atoms with Gasteiger partial charge in [-0.3, -0.25) is 0 Å². The second kappa shape index (κ2) is 11.4. The molecular formula is C18H31NO2. The van der Waals surface area contributed by atoms with Crippen LogP contribution in [-0.2, 0) is 6.54 Å². The van der Waals surface area contributed by atoms with Gasteiger partial charge < -0.3 is 15.2 Å². The van der Waals surface area contributed by atoms with E-state index in [1.807, 2.05) is 12.1 Å². The predicted molar refractivity (Wildman–Crippen MR) is 89.0 cm³/mol. The van der Waals surface area contributed by atoms with Gasteiger partial charge in [0.2, 0.25) is 0 Å². The molecule has 0 aliphatic carbocycles. The van der Waals surface area contributed by atoms with Crippen LogP contribution in [0.4, 0.5) is 0 Å². The van der Waals surface area contributed by atoms with Crippen molar-refractivity contribution in [2.24, 2.45) is 0 Å². The summed E-state index contributed by atoms with van der Waals surface area (Å²) >= 11 is 0. The number of aromatic hydroxyl groups is 1. The number of ether oxygens (including phenoxy) is 1. The molecule has 1 rings (SSSR count). The Balaban J connectivity index is 2.04. The van der Waals surface area contributed by atoms with Crippen molar-refractivity contribution in [3.63, 3.8) is 0 Å². The third-order valence-electron chi connectivity index (χ3n) is 3.83. The SMILES string of the molecule is CCCCCCCCCCNCc1cccc(OC)c1O. The third kappa shape index (κ3) is 7.37. The van der Waals surface area contributed by atoms with Gasteiger partial charge in [-0.05, 0) is 19.0 Å². The van der Waals surface area contributed by atoms with E-state index < -0.39 is 0 Å². The molecule has 0 fully saturated rings. The molecule has 0 radical (unpaired) electrons. The van der Waals surface area contributed by atoms with Crippen LogP contribution in [0.1, 0.15) is 63.9 Å². The zero-order valence-corrected chi connectivity index (χ0v) is 13.7. The number of unbranched alkanes of at least 4 members (excludes halogenated alkanes) is 7. The topological polar surface area (TPSA) is 41.5 Å². The number of benzene rings is 1. The van der Waals surface area contributed by atoms with Crippen LogP contribution >= 0.6 is 0 Å². The Morgan fingerprint density at radius 3 is 2.33 bits per heavy atom. The lowest BCUT2D eigenvalue weighted by Gasteiger charge is -2.09. The molecule has 0 atom stereocenters. The fourth-order valence-corrected chi connectivity index (χ4v) is 2.48. The van der Waals surface area contributed by atoms with E-state index in [1.54, 1.807) is 13.2 Å². The minimum absolute atomic E-state index is 0.253. The molecule has 0 aliphatic rings. The molecule has 0 saturated carbocycles. The number of methoxy groups -OCH3 is 1. The Bertz CT molecular complexity index is 379. The molecule has 120 valence electrons. The van der Waals surface area contributed by atoms with Crippen molar-refractivity contribution in [1.29, 1.82) is 0 Å². The van der Waals surface area contributed by atoms with Gasteiger partial charge in [0.05, 0.1) is 7.11 Å². The summed E-state index contributed by atoms with van der Waals surface area (Å²) in [5.74, 6) is 0.796. The number of para-hydroxylation sites is 1. The van der Waals surface area contributed by atoms with Gasteiger partial charge in [-0.2, -0.15) is 0 Å². The van der Waals surface area contributed by atoms with Crippen LogP contribution in [0.2, 0.25) is 0 Å². The van der Waals surface area contributed by atoms with Crippen molar-refractivity contribution in [2.45, 2.75) is 64.8 Å². The van der Waals surface area contributed by atoms with Gasteiger partial charge in [-0.1, -0.05) is 64.0 Å². The highest BCUT2D eigenvalue weighted by atomic mass is 16.5. The van der Waals surface area contributed by atoms with Gasteiger partial charge in [0.25, 0.3) is 0 Å².